The van der Waals surface area contributed by atoms with Crippen molar-refractivity contribution >= 4 is 17.8 Å². The second-order valence-electron chi connectivity index (χ2n) is 5.17. The van der Waals surface area contributed by atoms with E-state index in [1.165, 1.54) is 6.20 Å². The van der Waals surface area contributed by atoms with Crippen LogP contribution in [0.1, 0.15) is 36.8 Å². The van der Waals surface area contributed by atoms with E-state index in [1.54, 1.807) is 26.0 Å². The Hall–Kier alpha value is -2.48. The van der Waals surface area contributed by atoms with E-state index in [1.807, 2.05) is 6.92 Å². The Morgan fingerprint density at radius 2 is 1.92 bits per heavy atom. The third-order valence-electron chi connectivity index (χ3n) is 2.75. The van der Waals surface area contributed by atoms with E-state index in [-0.39, 0.29) is 19.2 Å². The number of esters is 1. The monoisotopic (exact) mass is 337 g/mol. The Labute approximate surface area is 140 Å². The van der Waals surface area contributed by atoms with Crippen LogP contribution in [0.2, 0.25) is 0 Å². The molecule has 0 bridgehead atoms. The van der Waals surface area contributed by atoms with E-state index < -0.39 is 17.8 Å². The average molecular weight is 337 g/mol. The number of carbonyl (C=O) groups excluding carboxylic acids is 3. The molecule has 0 aromatic carbocycles. The molecule has 0 spiro atoms. The third-order valence-corrected chi connectivity index (χ3v) is 2.75. The minimum Gasteiger partial charge on any atom is -0.462 e. The number of aromatic nitrogens is 1. The van der Waals surface area contributed by atoms with Crippen LogP contribution >= 0.6 is 0 Å². The average Bonchev–Trinajstić information content (AvgIpc) is 2.55. The number of hydrogen-bond donors (Lipinski definition) is 2. The van der Waals surface area contributed by atoms with Gasteiger partial charge in [-0.05, 0) is 32.9 Å². The van der Waals surface area contributed by atoms with E-state index in [2.05, 4.69) is 15.6 Å². The van der Waals surface area contributed by atoms with Gasteiger partial charge in [0.15, 0.2) is 0 Å². The second kappa shape index (κ2) is 10.3. The van der Waals surface area contributed by atoms with Crippen molar-refractivity contribution in [2.45, 2.75) is 33.5 Å². The molecular weight excluding hydrogens is 314 g/mol. The molecule has 0 aliphatic heterocycles. The zero-order chi connectivity index (χ0) is 17.9. The highest BCUT2D eigenvalue weighted by atomic mass is 16.5. The van der Waals surface area contributed by atoms with Crippen LogP contribution in [0.25, 0.3) is 0 Å². The molecule has 1 heterocycles. The fourth-order valence-corrected chi connectivity index (χ4v) is 1.65. The van der Waals surface area contributed by atoms with Crippen LogP contribution in [0.3, 0.4) is 0 Å². The number of nitrogens with one attached hydrogen (secondary N) is 2. The van der Waals surface area contributed by atoms with Gasteiger partial charge < -0.3 is 20.1 Å². The van der Waals surface area contributed by atoms with Crippen molar-refractivity contribution in [1.29, 1.82) is 0 Å². The van der Waals surface area contributed by atoms with E-state index in [9.17, 15) is 14.4 Å². The first-order chi connectivity index (χ1) is 11.4. The number of ether oxygens (including phenoxy) is 2. The van der Waals surface area contributed by atoms with Crippen LogP contribution in [-0.4, -0.2) is 48.6 Å². The smallest absolute Gasteiger partial charge is 0.325 e. The summed E-state index contributed by atoms with van der Waals surface area (Å²) < 4.78 is 10.1. The summed E-state index contributed by atoms with van der Waals surface area (Å²) in [5, 5.41) is 4.82. The summed E-state index contributed by atoms with van der Waals surface area (Å²) in [5.41, 5.74) is 1.05. The standard InChI is InChI=1S/C16H23N3O5/c1-4-23-10-13-6-5-12(7-17-13)16(22)19-8-14(20)18-9-15(21)24-11(2)3/h5-7,11H,4,8-10H2,1-3H3,(H,18,20)(H,19,22). The van der Waals surface area contributed by atoms with E-state index in [0.717, 1.165) is 5.69 Å². The minimum absolute atomic E-state index is 0.236. The summed E-state index contributed by atoms with van der Waals surface area (Å²) in [7, 11) is 0. The van der Waals surface area contributed by atoms with Crippen molar-refractivity contribution < 1.29 is 23.9 Å². The molecule has 0 unspecified atom stereocenters. The van der Waals surface area contributed by atoms with Crippen LogP contribution in [0.15, 0.2) is 18.3 Å². The first kappa shape index (κ1) is 19.6. The van der Waals surface area contributed by atoms with Gasteiger partial charge in [-0.15, -0.1) is 0 Å². The molecule has 0 saturated carbocycles. The third kappa shape index (κ3) is 7.68. The molecule has 8 heteroatoms. The van der Waals surface area contributed by atoms with Gasteiger partial charge in [-0.2, -0.15) is 0 Å². The van der Waals surface area contributed by atoms with Gasteiger partial charge in [0.2, 0.25) is 5.91 Å². The normalized spacial score (nSPS) is 10.3. The van der Waals surface area contributed by atoms with E-state index in [0.29, 0.717) is 18.8 Å². The van der Waals surface area contributed by atoms with Crippen LogP contribution in [0, 0.1) is 0 Å². The lowest BCUT2D eigenvalue weighted by atomic mass is 10.2. The molecule has 0 radical (unpaired) electrons. The molecule has 0 aliphatic rings. The molecule has 8 nitrogen and oxygen atoms in total. The van der Waals surface area contributed by atoms with Gasteiger partial charge in [-0.1, -0.05) is 0 Å². The Morgan fingerprint density at radius 3 is 2.50 bits per heavy atom. The molecule has 24 heavy (non-hydrogen) atoms. The van der Waals surface area contributed by atoms with Gasteiger partial charge in [0, 0.05) is 12.8 Å². The van der Waals surface area contributed by atoms with Crippen LogP contribution < -0.4 is 10.6 Å². The Bertz CT molecular complexity index is 557. The summed E-state index contributed by atoms with van der Waals surface area (Å²) >= 11 is 0. The predicted octanol–water partition coefficient (Wildman–Crippen LogP) is 0.416. The zero-order valence-corrected chi connectivity index (χ0v) is 14.1. The Morgan fingerprint density at radius 1 is 1.17 bits per heavy atom. The van der Waals surface area contributed by atoms with Crippen LogP contribution in [0.5, 0.6) is 0 Å². The number of pyridine rings is 1. The SMILES string of the molecule is CCOCc1ccc(C(=O)NCC(=O)NCC(=O)OC(C)C)cn1. The maximum absolute atomic E-state index is 11.9. The van der Waals surface area contributed by atoms with Crippen LogP contribution in [0.4, 0.5) is 0 Å². The molecular formula is C16H23N3O5. The fourth-order valence-electron chi connectivity index (χ4n) is 1.65. The Kier molecular flexibility index (Phi) is 8.42. The van der Waals surface area contributed by atoms with Gasteiger partial charge in [0.25, 0.3) is 5.91 Å². The van der Waals surface area contributed by atoms with Gasteiger partial charge in [-0.3, -0.25) is 19.4 Å². The number of amides is 2. The van der Waals surface area contributed by atoms with Crippen molar-refractivity contribution in [3.63, 3.8) is 0 Å². The number of hydrogen-bond acceptors (Lipinski definition) is 6. The summed E-state index contributed by atoms with van der Waals surface area (Å²) in [6.07, 6.45) is 1.18. The van der Waals surface area contributed by atoms with Gasteiger partial charge in [0.1, 0.15) is 6.54 Å². The van der Waals surface area contributed by atoms with Gasteiger partial charge in [0.05, 0.1) is 30.5 Å². The molecule has 2 N–H and O–H groups in total. The quantitative estimate of drug-likeness (QED) is 0.632. The molecule has 0 saturated heterocycles. The van der Waals surface area contributed by atoms with E-state index >= 15 is 0 Å². The summed E-state index contributed by atoms with van der Waals surface area (Å²) in [6.45, 7) is 5.81. The van der Waals surface area contributed by atoms with Crippen molar-refractivity contribution in [3.8, 4) is 0 Å². The highest BCUT2D eigenvalue weighted by Gasteiger charge is 2.11. The molecule has 0 aliphatic carbocycles. The maximum Gasteiger partial charge on any atom is 0.325 e. The lowest BCUT2D eigenvalue weighted by Crippen LogP contribution is -2.39. The Balaban J connectivity index is 2.34. The lowest BCUT2D eigenvalue weighted by molar-refractivity contribution is -0.147. The number of carbonyl (C=O) groups is 3. The molecule has 2 amide bonds. The topological polar surface area (TPSA) is 107 Å². The number of nitrogens with zero attached hydrogens (tertiary/aromatic N) is 1. The summed E-state index contributed by atoms with van der Waals surface area (Å²) in [4.78, 5) is 38.9. The van der Waals surface area contributed by atoms with Crippen molar-refractivity contribution in [3.05, 3.63) is 29.6 Å². The fraction of sp³-hybridized carbons (Fsp3) is 0.500. The summed E-state index contributed by atoms with van der Waals surface area (Å²) in [5.74, 6) is -1.44. The van der Waals surface area contributed by atoms with Crippen LogP contribution in [-0.2, 0) is 25.7 Å². The molecule has 1 aromatic rings. The number of rotatable bonds is 9. The summed E-state index contributed by atoms with van der Waals surface area (Å²) in [6, 6.07) is 3.29. The van der Waals surface area contributed by atoms with Gasteiger partial charge in [-0.25, -0.2) is 0 Å². The lowest BCUT2D eigenvalue weighted by Gasteiger charge is -2.09. The minimum atomic E-state index is -0.529. The zero-order valence-electron chi connectivity index (χ0n) is 14.1. The first-order valence-electron chi connectivity index (χ1n) is 7.69. The molecule has 1 rings (SSSR count). The maximum atomic E-state index is 11.9. The second-order valence-corrected chi connectivity index (χ2v) is 5.17. The highest BCUT2D eigenvalue weighted by Crippen LogP contribution is 2.01. The predicted molar refractivity (Wildman–Crippen MR) is 86.1 cm³/mol. The largest absolute Gasteiger partial charge is 0.462 e. The molecule has 132 valence electrons. The molecule has 0 atom stereocenters. The van der Waals surface area contributed by atoms with Crippen molar-refractivity contribution in [1.82, 2.24) is 15.6 Å². The first-order valence-corrected chi connectivity index (χ1v) is 7.69. The highest BCUT2D eigenvalue weighted by molar-refractivity contribution is 5.96. The van der Waals surface area contributed by atoms with Crippen molar-refractivity contribution in [2.24, 2.45) is 0 Å². The van der Waals surface area contributed by atoms with Gasteiger partial charge >= 0.3 is 5.97 Å². The molecule has 0 fully saturated rings. The van der Waals surface area contributed by atoms with Crippen molar-refractivity contribution in [2.75, 3.05) is 19.7 Å². The molecule has 1 aromatic heterocycles. The van der Waals surface area contributed by atoms with E-state index in [4.69, 9.17) is 9.47 Å².